The smallest absolute Gasteiger partial charge is 0.326 e. The maximum Gasteiger partial charge on any atom is 0.326 e. The zero-order valence-corrected chi connectivity index (χ0v) is 14.8. The molecule has 0 radical (unpaired) electrons. The quantitative estimate of drug-likeness (QED) is 0.862. The first kappa shape index (κ1) is 18.8. The Labute approximate surface area is 146 Å². The van der Waals surface area contributed by atoms with E-state index in [0.717, 1.165) is 0 Å². The lowest BCUT2D eigenvalue weighted by Crippen LogP contribution is -2.53. The average molecular weight is 351 g/mol. The molecule has 8 heteroatoms. The van der Waals surface area contributed by atoms with Crippen molar-refractivity contribution in [3.63, 3.8) is 0 Å². The van der Waals surface area contributed by atoms with E-state index in [9.17, 15) is 19.5 Å². The van der Waals surface area contributed by atoms with Gasteiger partial charge in [-0.05, 0) is 17.9 Å². The molecule has 0 unspecified atom stereocenters. The van der Waals surface area contributed by atoms with E-state index in [0.29, 0.717) is 38.2 Å². The second-order valence-corrected chi connectivity index (χ2v) is 7.23. The van der Waals surface area contributed by atoms with Crippen LogP contribution < -0.4 is 5.32 Å². The number of hydrogen-bond donors (Lipinski definition) is 2. The normalized spacial score (nSPS) is 16.9. The molecule has 0 spiro atoms. The van der Waals surface area contributed by atoms with Crippen LogP contribution in [0.4, 0.5) is 4.79 Å². The molecule has 2 N–H and O–H groups in total. The minimum absolute atomic E-state index is 0.130. The van der Waals surface area contributed by atoms with Gasteiger partial charge in [-0.1, -0.05) is 20.8 Å². The van der Waals surface area contributed by atoms with Crippen LogP contribution in [0.1, 0.15) is 37.6 Å². The van der Waals surface area contributed by atoms with Crippen LogP contribution in [0.5, 0.6) is 0 Å². The van der Waals surface area contributed by atoms with E-state index in [1.54, 1.807) is 36.6 Å². The van der Waals surface area contributed by atoms with Crippen molar-refractivity contribution in [2.24, 2.45) is 5.41 Å². The Kier molecular flexibility index (Phi) is 5.71. The topological polar surface area (TPSA) is 103 Å². The molecular weight excluding hydrogens is 326 g/mol. The van der Waals surface area contributed by atoms with Crippen molar-refractivity contribution < 1.29 is 23.9 Å². The van der Waals surface area contributed by atoms with Gasteiger partial charge in [0, 0.05) is 26.2 Å². The zero-order valence-electron chi connectivity index (χ0n) is 14.8. The van der Waals surface area contributed by atoms with Crippen LogP contribution in [0.3, 0.4) is 0 Å². The first-order valence-electron chi connectivity index (χ1n) is 8.30. The first-order valence-corrected chi connectivity index (χ1v) is 8.30. The Balaban J connectivity index is 1.97. The number of aliphatic carboxylic acids is 1. The van der Waals surface area contributed by atoms with Crippen LogP contribution in [0.15, 0.2) is 23.0 Å². The molecule has 1 saturated heterocycles. The lowest BCUT2D eigenvalue weighted by molar-refractivity contribution is -0.142. The number of amides is 3. The number of furan rings is 1. The molecule has 0 aromatic carbocycles. The standard InChI is InChI=1S/C17H25N3O5/c1-17(2,3)13(15(22)23)18-16(24)20-7-4-6-19(8-9-20)14(21)12-5-10-25-11-12/h5,10-11,13H,4,6-9H2,1-3H3,(H,18,24)(H,22,23)/t13-/m1/s1. The van der Waals surface area contributed by atoms with Crippen molar-refractivity contribution in [2.45, 2.75) is 33.2 Å². The largest absolute Gasteiger partial charge is 0.480 e. The molecule has 0 bridgehead atoms. The van der Waals surface area contributed by atoms with Gasteiger partial charge in [0.1, 0.15) is 12.3 Å². The third kappa shape index (κ3) is 4.74. The van der Waals surface area contributed by atoms with Crippen molar-refractivity contribution in [1.29, 1.82) is 0 Å². The molecule has 0 aliphatic carbocycles. The van der Waals surface area contributed by atoms with E-state index in [1.165, 1.54) is 12.5 Å². The predicted molar refractivity (Wildman–Crippen MR) is 90.2 cm³/mol. The summed E-state index contributed by atoms with van der Waals surface area (Å²) in [7, 11) is 0. The van der Waals surface area contributed by atoms with Crippen LogP contribution in [-0.4, -0.2) is 65.0 Å². The minimum Gasteiger partial charge on any atom is -0.480 e. The SMILES string of the molecule is CC(C)(C)[C@H](NC(=O)N1CCCN(C(=O)c2ccoc2)CC1)C(=O)O. The van der Waals surface area contributed by atoms with Gasteiger partial charge in [-0.25, -0.2) is 9.59 Å². The monoisotopic (exact) mass is 351 g/mol. The number of nitrogens with zero attached hydrogens (tertiary/aromatic N) is 2. The molecule has 3 amide bonds. The van der Waals surface area contributed by atoms with Crippen molar-refractivity contribution in [2.75, 3.05) is 26.2 Å². The van der Waals surface area contributed by atoms with Gasteiger partial charge in [-0.15, -0.1) is 0 Å². The summed E-state index contributed by atoms with van der Waals surface area (Å²) in [6.45, 7) is 7.04. The fourth-order valence-corrected chi connectivity index (χ4v) is 2.76. The van der Waals surface area contributed by atoms with Crippen molar-refractivity contribution in [3.8, 4) is 0 Å². The zero-order chi connectivity index (χ0) is 18.6. The number of nitrogens with one attached hydrogen (secondary N) is 1. The molecule has 1 aliphatic heterocycles. The number of rotatable bonds is 3. The van der Waals surface area contributed by atoms with Crippen molar-refractivity contribution in [1.82, 2.24) is 15.1 Å². The van der Waals surface area contributed by atoms with Gasteiger partial charge in [-0.3, -0.25) is 4.79 Å². The Morgan fingerprint density at radius 3 is 2.36 bits per heavy atom. The maximum absolute atomic E-state index is 12.5. The number of carbonyl (C=O) groups excluding carboxylic acids is 2. The van der Waals surface area contributed by atoms with E-state index in [1.807, 2.05) is 0 Å². The summed E-state index contributed by atoms with van der Waals surface area (Å²) in [5.41, 5.74) is -0.118. The number of urea groups is 1. The van der Waals surface area contributed by atoms with Crippen LogP contribution in [-0.2, 0) is 4.79 Å². The number of hydrogen-bond acceptors (Lipinski definition) is 4. The van der Waals surface area contributed by atoms with E-state index in [-0.39, 0.29) is 5.91 Å². The minimum atomic E-state index is -1.06. The van der Waals surface area contributed by atoms with Crippen molar-refractivity contribution in [3.05, 3.63) is 24.2 Å². The molecule has 1 atom stereocenters. The van der Waals surface area contributed by atoms with E-state index in [2.05, 4.69) is 5.32 Å². The molecule has 25 heavy (non-hydrogen) atoms. The Hall–Kier alpha value is -2.51. The molecule has 1 aliphatic rings. The van der Waals surface area contributed by atoms with E-state index in [4.69, 9.17) is 4.42 Å². The van der Waals surface area contributed by atoms with Gasteiger partial charge in [0.25, 0.3) is 5.91 Å². The van der Waals surface area contributed by atoms with Crippen LogP contribution >= 0.6 is 0 Å². The van der Waals surface area contributed by atoms with Crippen LogP contribution in [0, 0.1) is 5.41 Å². The molecule has 0 saturated carbocycles. The highest BCUT2D eigenvalue weighted by atomic mass is 16.4. The van der Waals surface area contributed by atoms with Crippen molar-refractivity contribution >= 4 is 17.9 Å². The maximum atomic E-state index is 12.5. The molecule has 138 valence electrons. The molecule has 2 rings (SSSR count). The van der Waals surface area contributed by atoms with E-state index >= 15 is 0 Å². The summed E-state index contributed by atoms with van der Waals surface area (Å²) < 4.78 is 4.94. The van der Waals surface area contributed by atoms with Gasteiger partial charge in [-0.2, -0.15) is 0 Å². The second kappa shape index (κ2) is 7.58. The predicted octanol–water partition coefficient (Wildman–Crippen LogP) is 1.64. The molecule has 8 nitrogen and oxygen atoms in total. The number of carboxylic acid groups (broad SMARTS) is 1. The Morgan fingerprint density at radius 2 is 1.80 bits per heavy atom. The lowest BCUT2D eigenvalue weighted by atomic mass is 9.87. The summed E-state index contributed by atoms with van der Waals surface area (Å²) in [5.74, 6) is -1.19. The number of carbonyl (C=O) groups is 3. The third-order valence-electron chi connectivity index (χ3n) is 4.22. The van der Waals surface area contributed by atoms with Crippen LogP contribution in [0.2, 0.25) is 0 Å². The molecule has 2 heterocycles. The van der Waals surface area contributed by atoms with Gasteiger partial charge in [0.2, 0.25) is 0 Å². The van der Waals surface area contributed by atoms with Gasteiger partial charge < -0.3 is 24.6 Å². The Morgan fingerprint density at radius 1 is 1.16 bits per heavy atom. The van der Waals surface area contributed by atoms with Gasteiger partial charge >= 0.3 is 12.0 Å². The first-order chi connectivity index (χ1) is 11.7. The summed E-state index contributed by atoms with van der Waals surface area (Å²) in [5, 5.41) is 11.9. The summed E-state index contributed by atoms with van der Waals surface area (Å²) in [6.07, 6.45) is 3.48. The summed E-state index contributed by atoms with van der Waals surface area (Å²) in [6, 6.07) is 0.213. The molecule has 1 aromatic heterocycles. The second-order valence-electron chi connectivity index (χ2n) is 7.23. The number of carboxylic acids is 1. The summed E-state index contributed by atoms with van der Waals surface area (Å²) in [4.78, 5) is 39.5. The van der Waals surface area contributed by atoms with Crippen LogP contribution in [0.25, 0.3) is 0 Å². The van der Waals surface area contributed by atoms with E-state index < -0.39 is 23.5 Å². The van der Waals surface area contributed by atoms with Gasteiger partial charge in [0.15, 0.2) is 0 Å². The Bertz CT molecular complexity index is 621. The molecule has 1 fully saturated rings. The lowest BCUT2D eigenvalue weighted by Gasteiger charge is -2.30. The average Bonchev–Trinajstić information content (AvgIpc) is 2.94. The fraction of sp³-hybridized carbons (Fsp3) is 0.588. The highest BCUT2D eigenvalue weighted by molar-refractivity contribution is 5.93. The highest BCUT2D eigenvalue weighted by Gasteiger charge is 2.34. The molecular formula is C17H25N3O5. The summed E-state index contributed by atoms with van der Waals surface area (Å²) >= 11 is 0. The fourth-order valence-electron chi connectivity index (χ4n) is 2.76. The third-order valence-corrected chi connectivity index (χ3v) is 4.22. The van der Waals surface area contributed by atoms with Gasteiger partial charge in [0.05, 0.1) is 11.8 Å². The highest BCUT2D eigenvalue weighted by Crippen LogP contribution is 2.20. The molecule has 1 aromatic rings.